The number of carbonyl (C=O) groups excluding carboxylic acids is 1. The SMILES string of the molecule is CCC(C)(C)NC(=O)CSc1nc2ccccc2c(=O)n1Cc1cccnc1. The van der Waals surface area contributed by atoms with Crippen LogP contribution in [0.2, 0.25) is 0 Å². The third kappa shape index (κ3) is 4.78. The summed E-state index contributed by atoms with van der Waals surface area (Å²) in [7, 11) is 0. The first-order valence-electron chi connectivity index (χ1n) is 9.22. The van der Waals surface area contributed by atoms with E-state index in [0.717, 1.165) is 12.0 Å². The third-order valence-electron chi connectivity index (χ3n) is 4.58. The number of hydrogen-bond acceptors (Lipinski definition) is 5. The fourth-order valence-electron chi connectivity index (χ4n) is 2.70. The van der Waals surface area contributed by atoms with Gasteiger partial charge in [0.2, 0.25) is 5.91 Å². The molecule has 2 heterocycles. The van der Waals surface area contributed by atoms with E-state index in [0.29, 0.717) is 22.6 Å². The Morgan fingerprint density at radius 1 is 1.21 bits per heavy atom. The van der Waals surface area contributed by atoms with Crippen molar-refractivity contribution in [3.63, 3.8) is 0 Å². The molecule has 1 amide bonds. The van der Waals surface area contributed by atoms with Crippen LogP contribution in [0.5, 0.6) is 0 Å². The fourth-order valence-corrected chi connectivity index (χ4v) is 3.50. The third-order valence-corrected chi connectivity index (χ3v) is 5.56. The number of hydrogen-bond donors (Lipinski definition) is 1. The summed E-state index contributed by atoms with van der Waals surface area (Å²) in [6.07, 6.45) is 4.26. The lowest BCUT2D eigenvalue weighted by molar-refractivity contribution is -0.120. The van der Waals surface area contributed by atoms with Crippen molar-refractivity contribution in [2.45, 2.75) is 44.4 Å². The van der Waals surface area contributed by atoms with Crippen LogP contribution in [-0.4, -0.2) is 31.7 Å². The Bertz CT molecular complexity index is 1030. The van der Waals surface area contributed by atoms with Gasteiger partial charge in [-0.05, 0) is 44.0 Å². The summed E-state index contributed by atoms with van der Waals surface area (Å²) in [5.74, 6) is 0.119. The number of aromatic nitrogens is 3. The minimum atomic E-state index is -0.260. The standard InChI is InChI=1S/C21H24N4O2S/c1-4-21(2,3)24-18(26)14-28-20-23-17-10-6-5-9-16(17)19(27)25(20)13-15-8-7-11-22-12-15/h5-12H,4,13-14H2,1-3H3,(H,24,26). The Morgan fingerprint density at radius 2 is 2.00 bits per heavy atom. The van der Waals surface area contributed by atoms with E-state index < -0.39 is 0 Å². The van der Waals surface area contributed by atoms with E-state index in [2.05, 4.69) is 15.3 Å². The molecule has 2 aromatic heterocycles. The second-order valence-corrected chi connectivity index (χ2v) is 8.18. The van der Waals surface area contributed by atoms with Crippen LogP contribution < -0.4 is 10.9 Å². The Morgan fingerprint density at radius 3 is 2.71 bits per heavy atom. The molecule has 0 radical (unpaired) electrons. The molecule has 0 fully saturated rings. The Kier molecular flexibility index (Phi) is 6.14. The van der Waals surface area contributed by atoms with Gasteiger partial charge in [0, 0.05) is 17.9 Å². The molecule has 0 aliphatic carbocycles. The zero-order chi connectivity index (χ0) is 20.1. The summed E-state index contributed by atoms with van der Waals surface area (Å²) in [5, 5.41) is 4.10. The number of fused-ring (bicyclic) bond motifs is 1. The second kappa shape index (κ2) is 8.56. The average molecular weight is 397 g/mol. The monoisotopic (exact) mass is 396 g/mol. The topological polar surface area (TPSA) is 76.9 Å². The van der Waals surface area contributed by atoms with Gasteiger partial charge in [-0.2, -0.15) is 0 Å². The van der Waals surface area contributed by atoms with Crippen molar-refractivity contribution in [3.8, 4) is 0 Å². The summed E-state index contributed by atoms with van der Waals surface area (Å²) < 4.78 is 1.61. The lowest BCUT2D eigenvalue weighted by Crippen LogP contribution is -2.43. The molecule has 0 bridgehead atoms. The maximum Gasteiger partial charge on any atom is 0.262 e. The van der Waals surface area contributed by atoms with Crippen LogP contribution in [0.15, 0.2) is 58.7 Å². The summed E-state index contributed by atoms with van der Waals surface area (Å²) in [4.78, 5) is 34.2. The van der Waals surface area contributed by atoms with Crippen LogP contribution in [0, 0.1) is 0 Å². The number of pyridine rings is 1. The summed E-state index contributed by atoms with van der Waals surface area (Å²) in [6.45, 7) is 6.36. The molecule has 146 valence electrons. The number of benzene rings is 1. The highest BCUT2D eigenvalue weighted by Gasteiger charge is 2.19. The van der Waals surface area contributed by atoms with E-state index in [-0.39, 0.29) is 22.8 Å². The van der Waals surface area contributed by atoms with Crippen molar-refractivity contribution >= 4 is 28.6 Å². The highest BCUT2D eigenvalue weighted by molar-refractivity contribution is 7.99. The van der Waals surface area contributed by atoms with Crippen LogP contribution in [0.25, 0.3) is 10.9 Å². The number of thioether (sulfide) groups is 1. The molecular formula is C21H24N4O2S. The van der Waals surface area contributed by atoms with Gasteiger partial charge in [-0.1, -0.05) is 36.9 Å². The van der Waals surface area contributed by atoms with E-state index in [9.17, 15) is 9.59 Å². The molecule has 6 nitrogen and oxygen atoms in total. The smallest absolute Gasteiger partial charge is 0.262 e. The van der Waals surface area contributed by atoms with Gasteiger partial charge in [0.25, 0.3) is 5.56 Å². The lowest BCUT2D eigenvalue weighted by atomic mass is 10.0. The van der Waals surface area contributed by atoms with Crippen molar-refractivity contribution in [2.75, 3.05) is 5.75 Å². The number of carbonyl (C=O) groups is 1. The highest BCUT2D eigenvalue weighted by Crippen LogP contribution is 2.19. The summed E-state index contributed by atoms with van der Waals surface area (Å²) in [5.41, 5.74) is 1.15. The van der Waals surface area contributed by atoms with Crippen LogP contribution in [0.1, 0.15) is 32.8 Å². The van der Waals surface area contributed by atoms with Gasteiger partial charge in [0.1, 0.15) is 0 Å². The van der Waals surface area contributed by atoms with E-state index in [1.807, 2.05) is 51.1 Å². The first-order valence-corrected chi connectivity index (χ1v) is 10.2. The van der Waals surface area contributed by atoms with Crippen LogP contribution in [0.4, 0.5) is 0 Å². The normalized spacial score (nSPS) is 11.5. The summed E-state index contributed by atoms with van der Waals surface area (Å²) >= 11 is 1.27. The number of nitrogens with one attached hydrogen (secondary N) is 1. The predicted octanol–water partition coefficient (Wildman–Crippen LogP) is 3.24. The van der Waals surface area contributed by atoms with Gasteiger partial charge in [-0.3, -0.25) is 19.1 Å². The van der Waals surface area contributed by atoms with Crippen LogP contribution >= 0.6 is 11.8 Å². The first kappa shape index (κ1) is 20.1. The first-order chi connectivity index (χ1) is 13.4. The van der Waals surface area contributed by atoms with Gasteiger partial charge in [0.05, 0.1) is 23.2 Å². The Hall–Kier alpha value is -2.67. The molecule has 0 unspecified atom stereocenters. The molecule has 7 heteroatoms. The largest absolute Gasteiger partial charge is 0.351 e. The lowest BCUT2D eigenvalue weighted by Gasteiger charge is -2.24. The molecule has 0 atom stereocenters. The molecular weight excluding hydrogens is 372 g/mol. The van der Waals surface area contributed by atoms with Crippen LogP contribution in [0.3, 0.4) is 0 Å². The zero-order valence-electron chi connectivity index (χ0n) is 16.3. The Balaban J connectivity index is 1.92. The maximum absolute atomic E-state index is 13.1. The number of rotatable bonds is 7. The van der Waals surface area contributed by atoms with Crippen LogP contribution in [-0.2, 0) is 11.3 Å². The van der Waals surface area contributed by atoms with Crippen molar-refractivity contribution < 1.29 is 4.79 Å². The average Bonchev–Trinajstić information content (AvgIpc) is 2.69. The Labute approximate surface area is 168 Å². The van der Waals surface area contributed by atoms with Crippen molar-refractivity contribution in [1.29, 1.82) is 0 Å². The molecule has 0 saturated heterocycles. The minimum absolute atomic E-state index is 0.0767. The molecule has 0 aliphatic rings. The van der Waals surface area contributed by atoms with Gasteiger partial charge in [0.15, 0.2) is 5.16 Å². The van der Waals surface area contributed by atoms with Crippen molar-refractivity contribution in [2.24, 2.45) is 0 Å². The number of nitrogens with zero attached hydrogens (tertiary/aromatic N) is 3. The molecule has 1 N–H and O–H groups in total. The van der Waals surface area contributed by atoms with Gasteiger partial charge in [-0.25, -0.2) is 4.98 Å². The molecule has 3 rings (SSSR count). The molecule has 28 heavy (non-hydrogen) atoms. The highest BCUT2D eigenvalue weighted by atomic mass is 32.2. The van der Waals surface area contributed by atoms with E-state index in [4.69, 9.17) is 0 Å². The molecule has 0 aliphatic heterocycles. The zero-order valence-corrected chi connectivity index (χ0v) is 17.1. The molecule has 0 saturated carbocycles. The van der Waals surface area contributed by atoms with E-state index >= 15 is 0 Å². The van der Waals surface area contributed by atoms with Crippen molar-refractivity contribution in [1.82, 2.24) is 19.9 Å². The predicted molar refractivity (Wildman–Crippen MR) is 113 cm³/mol. The second-order valence-electron chi connectivity index (χ2n) is 7.24. The van der Waals surface area contributed by atoms with Crippen molar-refractivity contribution in [3.05, 3.63) is 64.7 Å². The van der Waals surface area contributed by atoms with Gasteiger partial charge >= 0.3 is 0 Å². The fraction of sp³-hybridized carbons (Fsp3) is 0.333. The molecule has 0 spiro atoms. The molecule has 3 aromatic rings. The van der Waals surface area contributed by atoms with Gasteiger partial charge in [-0.15, -0.1) is 0 Å². The summed E-state index contributed by atoms with van der Waals surface area (Å²) in [6, 6.07) is 11.0. The number of para-hydroxylation sites is 1. The minimum Gasteiger partial charge on any atom is -0.351 e. The quantitative estimate of drug-likeness (QED) is 0.490. The van der Waals surface area contributed by atoms with Gasteiger partial charge < -0.3 is 5.32 Å². The maximum atomic E-state index is 13.1. The van der Waals surface area contributed by atoms with E-state index in [1.165, 1.54) is 11.8 Å². The molecule has 1 aromatic carbocycles. The number of amides is 1. The van der Waals surface area contributed by atoms with E-state index in [1.54, 1.807) is 23.0 Å².